The molecule has 162 valence electrons. The number of carbonyl (C=O) groups is 1. The van der Waals surface area contributed by atoms with Crippen molar-refractivity contribution in [2.75, 3.05) is 4.90 Å². The Labute approximate surface area is 195 Å². The summed E-state index contributed by atoms with van der Waals surface area (Å²) < 4.78 is 6.32. The average Bonchev–Trinajstić information content (AvgIpc) is 3.29. The topological polar surface area (TPSA) is 76.6 Å². The molecule has 0 aliphatic carbocycles. The van der Waals surface area contributed by atoms with Crippen molar-refractivity contribution >= 4 is 51.7 Å². The number of rotatable bonds is 4. The Morgan fingerprint density at radius 2 is 1.75 bits per heavy atom. The summed E-state index contributed by atoms with van der Waals surface area (Å²) in [6, 6.07) is 12.5. The van der Waals surface area contributed by atoms with Crippen LogP contribution < -0.4 is 4.90 Å². The molecular formula is C24H20N2O4S2. The molecule has 0 saturated carbocycles. The van der Waals surface area contributed by atoms with E-state index in [1.807, 2.05) is 45.9 Å². The highest BCUT2D eigenvalue weighted by atomic mass is 32.2. The van der Waals surface area contributed by atoms with Gasteiger partial charge in [-0.1, -0.05) is 41.7 Å². The maximum atomic E-state index is 13.1. The molecule has 2 aromatic carbocycles. The fraction of sp³-hybridized carbons (Fsp3) is 0.167. The lowest BCUT2D eigenvalue weighted by Crippen LogP contribution is -2.28. The van der Waals surface area contributed by atoms with Crippen molar-refractivity contribution in [2.45, 2.75) is 27.7 Å². The molecule has 8 heteroatoms. The highest BCUT2D eigenvalue weighted by molar-refractivity contribution is 8.27. The van der Waals surface area contributed by atoms with Crippen molar-refractivity contribution in [3.63, 3.8) is 0 Å². The Hall–Kier alpha value is -3.23. The van der Waals surface area contributed by atoms with Crippen LogP contribution in [-0.4, -0.2) is 15.2 Å². The minimum absolute atomic E-state index is 0.0184. The van der Waals surface area contributed by atoms with Gasteiger partial charge in [-0.25, -0.2) is 0 Å². The molecule has 0 N–H and O–H groups in total. The zero-order valence-electron chi connectivity index (χ0n) is 18.0. The Morgan fingerprint density at radius 1 is 1.03 bits per heavy atom. The summed E-state index contributed by atoms with van der Waals surface area (Å²) in [6.07, 6.45) is 1.62. The van der Waals surface area contributed by atoms with E-state index in [-0.39, 0.29) is 11.6 Å². The SMILES string of the molecule is Cc1ccc(N2C(=O)/C(=C\c3ccc(-c4cc(C)c(C)cc4[N+](=O)[O-])o3)SC2=S)c(C)c1. The molecule has 1 amide bonds. The smallest absolute Gasteiger partial charge is 0.280 e. The van der Waals surface area contributed by atoms with Crippen LogP contribution in [0.15, 0.2) is 51.8 Å². The van der Waals surface area contributed by atoms with Crippen LogP contribution in [0.4, 0.5) is 11.4 Å². The van der Waals surface area contributed by atoms with Gasteiger partial charge in [0.25, 0.3) is 11.6 Å². The van der Waals surface area contributed by atoms with E-state index in [1.165, 1.54) is 16.7 Å². The van der Waals surface area contributed by atoms with E-state index in [0.29, 0.717) is 26.3 Å². The minimum atomic E-state index is -0.418. The highest BCUT2D eigenvalue weighted by Crippen LogP contribution is 2.39. The van der Waals surface area contributed by atoms with Gasteiger partial charge in [-0.3, -0.25) is 19.8 Å². The second-order valence-corrected chi connectivity index (χ2v) is 9.40. The number of amides is 1. The van der Waals surface area contributed by atoms with Crippen molar-refractivity contribution < 1.29 is 14.1 Å². The molecule has 1 aromatic heterocycles. The van der Waals surface area contributed by atoms with Gasteiger partial charge in [-0.05, 0) is 68.7 Å². The summed E-state index contributed by atoms with van der Waals surface area (Å²) >= 11 is 6.66. The van der Waals surface area contributed by atoms with Gasteiger partial charge in [0.05, 0.1) is 21.1 Å². The van der Waals surface area contributed by atoms with E-state index in [9.17, 15) is 14.9 Å². The van der Waals surface area contributed by atoms with Crippen molar-refractivity contribution in [1.82, 2.24) is 0 Å². The second-order valence-electron chi connectivity index (χ2n) is 7.72. The van der Waals surface area contributed by atoms with Crippen LogP contribution in [0.25, 0.3) is 17.4 Å². The quantitative estimate of drug-likeness (QED) is 0.190. The third-order valence-corrected chi connectivity index (χ3v) is 6.66. The summed E-state index contributed by atoms with van der Waals surface area (Å²) in [5, 5.41) is 11.5. The van der Waals surface area contributed by atoms with Gasteiger partial charge in [0.2, 0.25) is 0 Å². The first-order chi connectivity index (χ1) is 15.2. The molecule has 6 nitrogen and oxygen atoms in total. The number of aryl methyl sites for hydroxylation is 4. The number of carbonyl (C=O) groups excluding carboxylic acids is 1. The Balaban J connectivity index is 1.67. The Morgan fingerprint density at radius 3 is 2.44 bits per heavy atom. The molecule has 2 heterocycles. The number of benzene rings is 2. The fourth-order valence-electron chi connectivity index (χ4n) is 3.59. The summed E-state index contributed by atoms with van der Waals surface area (Å²) in [4.78, 5) is 26.1. The summed E-state index contributed by atoms with van der Waals surface area (Å²) in [5.74, 6) is 0.576. The molecule has 0 radical (unpaired) electrons. The third-order valence-electron chi connectivity index (χ3n) is 5.36. The van der Waals surface area contributed by atoms with Gasteiger partial charge in [0.15, 0.2) is 4.32 Å². The Bertz CT molecular complexity index is 1320. The van der Waals surface area contributed by atoms with Crippen molar-refractivity contribution in [1.29, 1.82) is 0 Å². The van der Waals surface area contributed by atoms with E-state index in [1.54, 1.807) is 30.3 Å². The van der Waals surface area contributed by atoms with Gasteiger partial charge in [-0.2, -0.15) is 0 Å². The van der Waals surface area contributed by atoms with Crippen molar-refractivity contribution in [3.8, 4) is 11.3 Å². The zero-order valence-corrected chi connectivity index (χ0v) is 19.6. The number of nitro groups is 1. The molecule has 0 unspecified atom stereocenters. The molecule has 0 spiro atoms. The number of furan rings is 1. The van der Waals surface area contributed by atoms with Gasteiger partial charge < -0.3 is 4.42 Å². The standard InChI is InChI=1S/C24H20N2O4S2/c1-13-5-7-19(16(4)9-13)25-23(27)22(32-24(25)31)12-17-6-8-21(30-17)18-10-14(2)15(3)11-20(18)26(28)29/h5-12H,1-4H3/b22-12+. The normalized spacial score (nSPS) is 15.1. The maximum Gasteiger partial charge on any atom is 0.280 e. The van der Waals surface area contributed by atoms with Gasteiger partial charge in [-0.15, -0.1) is 0 Å². The molecule has 32 heavy (non-hydrogen) atoms. The first-order valence-corrected chi connectivity index (χ1v) is 11.1. The van der Waals surface area contributed by atoms with Crippen molar-refractivity contribution in [3.05, 3.63) is 85.5 Å². The lowest BCUT2D eigenvalue weighted by atomic mass is 10.0. The van der Waals surface area contributed by atoms with Gasteiger partial charge in [0, 0.05) is 12.1 Å². The molecule has 1 aliphatic rings. The van der Waals surface area contributed by atoms with E-state index < -0.39 is 4.92 Å². The first kappa shape index (κ1) is 22.0. The largest absolute Gasteiger partial charge is 0.456 e. The molecule has 1 fully saturated rings. The van der Waals surface area contributed by atoms with Crippen LogP contribution in [0.2, 0.25) is 0 Å². The number of thiocarbonyl (C=S) groups is 1. The van der Waals surface area contributed by atoms with Crippen LogP contribution in [0.1, 0.15) is 28.0 Å². The van der Waals surface area contributed by atoms with E-state index in [0.717, 1.165) is 27.9 Å². The van der Waals surface area contributed by atoms with Crippen LogP contribution >= 0.6 is 24.0 Å². The number of nitrogens with zero attached hydrogens (tertiary/aromatic N) is 2. The molecule has 1 saturated heterocycles. The number of hydrogen-bond donors (Lipinski definition) is 0. The van der Waals surface area contributed by atoms with Gasteiger partial charge in [0.1, 0.15) is 11.5 Å². The number of thioether (sulfide) groups is 1. The summed E-state index contributed by atoms with van der Waals surface area (Å²) in [5.41, 5.74) is 4.98. The lowest BCUT2D eigenvalue weighted by Gasteiger charge is -2.17. The predicted octanol–water partition coefficient (Wildman–Crippen LogP) is 6.49. The van der Waals surface area contributed by atoms with E-state index in [2.05, 4.69) is 0 Å². The van der Waals surface area contributed by atoms with Crippen LogP contribution in [0, 0.1) is 37.8 Å². The highest BCUT2D eigenvalue weighted by Gasteiger charge is 2.34. The average molecular weight is 465 g/mol. The molecular weight excluding hydrogens is 444 g/mol. The molecule has 3 aromatic rings. The predicted molar refractivity (Wildman–Crippen MR) is 132 cm³/mol. The van der Waals surface area contributed by atoms with Crippen LogP contribution in [0.5, 0.6) is 0 Å². The van der Waals surface area contributed by atoms with Crippen LogP contribution in [-0.2, 0) is 4.79 Å². The molecule has 0 bridgehead atoms. The van der Waals surface area contributed by atoms with Crippen molar-refractivity contribution in [2.24, 2.45) is 0 Å². The number of hydrogen-bond acceptors (Lipinski definition) is 6. The van der Waals surface area contributed by atoms with Gasteiger partial charge >= 0.3 is 0 Å². The Kier molecular flexibility index (Phi) is 5.75. The second kappa shape index (κ2) is 8.37. The third kappa shape index (κ3) is 3.99. The summed E-state index contributed by atoms with van der Waals surface area (Å²) in [7, 11) is 0. The molecule has 4 rings (SSSR count). The first-order valence-electron chi connectivity index (χ1n) is 9.87. The molecule has 0 atom stereocenters. The summed E-state index contributed by atoms with van der Waals surface area (Å²) in [6.45, 7) is 7.66. The monoisotopic (exact) mass is 464 g/mol. The number of anilines is 1. The van der Waals surface area contributed by atoms with E-state index >= 15 is 0 Å². The fourth-order valence-corrected chi connectivity index (χ4v) is 4.85. The minimum Gasteiger partial charge on any atom is -0.456 e. The maximum absolute atomic E-state index is 13.1. The van der Waals surface area contributed by atoms with Crippen LogP contribution in [0.3, 0.4) is 0 Å². The number of nitro benzene ring substituents is 1. The molecule has 1 aliphatic heterocycles. The van der Waals surface area contributed by atoms with E-state index in [4.69, 9.17) is 16.6 Å². The zero-order chi connectivity index (χ0) is 23.2. The lowest BCUT2D eigenvalue weighted by molar-refractivity contribution is -0.384.